The maximum atomic E-state index is 12.7. The molecule has 1 aliphatic rings. The van der Waals surface area contributed by atoms with Gasteiger partial charge in [-0.05, 0) is 36.4 Å². The van der Waals surface area contributed by atoms with Gasteiger partial charge in [0.2, 0.25) is 10.0 Å². The Labute approximate surface area is 166 Å². The second-order valence-electron chi connectivity index (χ2n) is 6.42. The number of rotatable bonds is 4. The second-order valence-corrected chi connectivity index (χ2v) is 8.36. The largest absolute Gasteiger partial charge is 0.496 e. The van der Waals surface area contributed by atoms with Crippen molar-refractivity contribution in [2.75, 3.05) is 33.3 Å². The van der Waals surface area contributed by atoms with Crippen LogP contribution in [0.25, 0.3) is 0 Å². The fraction of sp³-hybridized carbons (Fsp3) is 0.316. The van der Waals surface area contributed by atoms with Crippen molar-refractivity contribution >= 4 is 15.9 Å². The summed E-state index contributed by atoms with van der Waals surface area (Å²) in [5, 5.41) is 0. The van der Waals surface area contributed by atoms with Gasteiger partial charge in [0.15, 0.2) is 0 Å². The number of carbonyl (C=O) groups is 1. The number of alkyl halides is 3. The molecule has 2 aromatic rings. The molecule has 0 atom stereocenters. The van der Waals surface area contributed by atoms with Gasteiger partial charge in [0.1, 0.15) is 5.75 Å². The van der Waals surface area contributed by atoms with E-state index in [0.29, 0.717) is 11.3 Å². The zero-order valence-corrected chi connectivity index (χ0v) is 16.3. The van der Waals surface area contributed by atoms with Crippen LogP contribution in [0, 0.1) is 0 Å². The average Bonchev–Trinajstić information content (AvgIpc) is 2.72. The zero-order valence-electron chi connectivity index (χ0n) is 15.5. The van der Waals surface area contributed by atoms with E-state index in [4.69, 9.17) is 4.74 Å². The summed E-state index contributed by atoms with van der Waals surface area (Å²) in [6.45, 7) is 0.419. The van der Waals surface area contributed by atoms with E-state index in [0.717, 1.165) is 24.3 Å². The van der Waals surface area contributed by atoms with Gasteiger partial charge in [-0.1, -0.05) is 12.1 Å². The Kier molecular flexibility index (Phi) is 5.85. The number of sulfonamides is 1. The average molecular weight is 428 g/mol. The summed E-state index contributed by atoms with van der Waals surface area (Å²) in [6, 6.07) is 10.1. The van der Waals surface area contributed by atoms with Crippen LogP contribution in [-0.4, -0.2) is 56.8 Å². The van der Waals surface area contributed by atoms with Crippen molar-refractivity contribution in [3.63, 3.8) is 0 Å². The standard InChI is InChI=1S/C19H19F3N2O4S/c1-28-17-5-3-2-4-16(17)18(25)23-10-12-24(13-11-23)29(26,27)15-8-6-14(7-9-15)19(20,21)22/h2-9H,10-13H2,1H3. The molecular formula is C19H19F3N2O4S. The van der Waals surface area contributed by atoms with Gasteiger partial charge >= 0.3 is 6.18 Å². The Balaban J connectivity index is 1.70. The van der Waals surface area contributed by atoms with Gasteiger partial charge in [0, 0.05) is 26.2 Å². The van der Waals surface area contributed by atoms with E-state index >= 15 is 0 Å². The Morgan fingerprint density at radius 2 is 1.55 bits per heavy atom. The van der Waals surface area contributed by atoms with Crippen LogP contribution in [0.15, 0.2) is 53.4 Å². The van der Waals surface area contributed by atoms with Gasteiger partial charge < -0.3 is 9.64 Å². The molecule has 0 saturated carbocycles. The number of hydrogen-bond acceptors (Lipinski definition) is 4. The normalized spacial score (nSPS) is 15.9. The summed E-state index contributed by atoms with van der Waals surface area (Å²) >= 11 is 0. The first-order chi connectivity index (χ1) is 13.6. The molecule has 10 heteroatoms. The molecule has 0 aliphatic carbocycles. The topological polar surface area (TPSA) is 66.9 Å². The summed E-state index contributed by atoms with van der Waals surface area (Å²) in [6.07, 6.45) is -4.53. The van der Waals surface area contributed by atoms with E-state index in [1.165, 1.54) is 16.3 Å². The molecule has 3 rings (SSSR count). The van der Waals surface area contributed by atoms with Crippen LogP contribution < -0.4 is 4.74 Å². The SMILES string of the molecule is COc1ccccc1C(=O)N1CCN(S(=O)(=O)c2ccc(C(F)(F)F)cc2)CC1. The van der Waals surface area contributed by atoms with Gasteiger partial charge in [-0.3, -0.25) is 4.79 Å². The summed E-state index contributed by atoms with van der Waals surface area (Å²) in [4.78, 5) is 14.0. The number of methoxy groups -OCH3 is 1. The number of halogens is 3. The van der Waals surface area contributed by atoms with Crippen molar-refractivity contribution in [1.29, 1.82) is 0 Å². The van der Waals surface area contributed by atoms with Gasteiger partial charge in [-0.15, -0.1) is 0 Å². The molecule has 6 nitrogen and oxygen atoms in total. The lowest BCUT2D eigenvalue weighted by Crippen LogP contribution is -2.50. The first kappa shape index (κ1) is 21.1. The summed E-state index contributed by atoms with van der Waals surface area (Å²) in [7, 11) is -2.49. The predicted octanol–water partition coefficient (Wildman–Crippen LogP) is 2.86. The molecule has 1 aliphatic heterocycles. The van der Waals surface area contributed by atoms with Gasteiger partial charge in [-0.2, -0.15) is 17.5 Å². The van der Waals surface area contributed by atoms with E-state index in [1.807, 2.05) is 0 Å². The fourth-order valence-corrected chi connectivity index (χ4v) is 4.51. The number of piperazine rings is 1. The van der Waals surface area contributed by atoms with Crippen LogP contribution in [0.2, 0.25) is 0 Å². The van der Waals surface area contributed by atoms with E-state index in [9.17, 15) is 26.4 Å². The lowest BCUT2D eigenvalue weighted by molar-refractivity contribution is -0.137. The van der Waals surface area contributed by atoms with Crippen LogP contribution in [-0.2, 0) is 16.2 Å². The van der Waals surface area contributed by atoms with E-state index in [2.05, 4.69) is 0 Å². The predicted molar refractivity (Wildman–Crippen MR) is 99.1 cm³/mol. The Morgan fingerprint density at radius 1 is 0.966 bits per heavy atom. The molecule has 0 spiro atoms. The monoisotopic (exact) mass is 428 g/mol. The first-order valence-corrected chi connectivity index (χ1v) is 10.2. The lowest BCUT2D eigenvalue weighted by atomic mass is 10.1. The molecular weight excluding hydrogens is 409 g/mol. The molecule has 0 radical (unpaired) electrons. The molecule has 2 aromatic carbocycles. The maximum absolute atomic E-state index is 12.7. The third kappa shape index (κ3) is 4.38. The molecule has 0 bridgehead atoms. The van der Waals surface area contributed by atoms with Crippen molar-refractivity contribution in [3.8, 4) is 5.75 Å². The molecule has 0 N–H and O–H groups in total. The quantitative estimate of drug-likeness (QED) is 0.751. The van der Waals surface area contributed by atoms with Crippen LogP contribution in [0.3, 0.4) is 0 Å². The van der Waals surface area contributed by atoms with Crippen LogP contribution in [0.4, 0.5) is 13.2 Å². The minimum Gasteiger partial charge on any atom is -0.496 e. The lowest BCUT2D eigenvalue weighted by Gasteiger charge is -2.34. The minimum atomic E-state index is -4.53. The zero-order chi connectivity index (χ0) is 21.2. The van der Waals surface area contributed by atoms with Crippen molar-refractivity contribution in [2.24, 2.45) is 0 Å². The van der Waals surface area contributed by atoms with Gasteiger partial charge in [-0.25, -0.2) is 8.42 Å². The number of nitrogens with zero attached hydrogens (tertiary/aromatic N) is 2. The molecule has 156 valence electrons. The van der Waals surface area contributed by atoms with Crippen LogP contribution in [0.5, 0.6) is 5.75 Å². The number of carbonyl (C=O) groups excluding carboxylic acids is 1. The number of hydrogen-bond donors (Lipinski definition) is 0. The molecule has 29 heavy (non-hydrogen) atoms. The van der Waals surface area contributed by atoms with Crippen LogP contribution in [0.1, 0.15) is 15.9 Å². The highest BCUT2D eigenvalue weighted by molar-refractivity contribution is 7.89. The third-order valence-corrected chi connectivity index (χ3v) is 6.60. The molecule has 1 fully saturated rings. The summed E-state index contributed by atoms with van der Waals surface area (Å²) in [5.74, 6) is 0.159. The summed E-state index contributed by atoms with van der Waals surface area (Å²) < 4.78 is 69.8. The van der Waals surface area contributed by atoms with E-state index in [1.54, 1.807) is 24.3 Å². The Bertz CT molecular complexity index is 983. The number of amides is 1. The smallest absolute Gasteiger partial charge is 0.416 e. The highest BCUT2D eigenvalue weighted by Crippen LogP contribution is 2.30. The highest BCUT2D eigenvalue weighted by Gasteiger charge is 2.33. The van der Waals surface area contributed by atoms with Crippen molar-refractivity contribution < 1.29 is 31.1 Å². The molecule has 0 aromatic heterocycles. The fourth-order valence-electron chi connectivity index (χ4n) is 3.09. The number of para-hydroxylation sites is 1. The Morgan fingerprint density at radius 3 is 2.10 bits per heavy atom. The number of ether oxygens (including phenoxy) is 1. The maximum Gasteiger partial charge on any atom is 0.416 e. The molecule has 0 unspecified atom stereocenters. The van der Waals surface area contributed by atoms with Crippen molar-refractivity contribution in [2.45, 2.75) is 11.1 Å². The number of benzene rings is 2. The van der Waals surface area contributed by atoms with E-state index < -0.39 is 21.8 Å². The van der Waals surface area contributed by atoms with Crippen LogP contribution >= 0.6 is 0 Å². The van der Waals surface area contributed by atoms with E-state index in [-0.39, 0.29) is 37.0 Å². The molecule has 1 saturated heterocycles. The molecule has 1 amide bonds. The van der Waals surface area contributed by atoms with Gasteiger partial charge in [0.25, 0.3) is 5.91 Å². The van der Waals surface area contributed by atoms with Gasteiger partial charge in [0.05, 0.1) is 23.1 Å². The molecule has 1 heterocycles. The van der Waals surface area contributed by atoms with Crippen molar-refractivity contribution in [3.05, 3.63) is 59.7 Å². The Hall–Kier alpha value is -2.59. The van der Waals surface area contributed by atoms with Crippen molar-refractivity contribution in [1.82, 2.24) is 9.21 Å². The highest BCUT2D eigenvalue weighted by atomic mass is 32.2. The first-order valence-electron chi connectivity index (χ1n) is 8.74. The minimum absolute atomic E-state index is 0.0459. The summed E-state index contributed by atoms with van der Waals surface area (Å²) in [5.41, 5.74) is -0.530. The third-order valence-electron chi connectivity index (χ3n) is 4.68. The second kappa shape index (κ2) is 8.03.